The van der Waals surface area contributed by atoms with Crippen molar-refractivity contribution >= 4 is 15.9 Å². The number of nitrogens with zero attached hydrogens (tertiary/aromatic N) is 2. The number of benzene rings is 2. The maximum Gasteiger partial charge on any atom is 0.253 e. The third-order valence-electron chi connectivity index (χ3n) is 4.71. The fourth-order valence-electron chi connectivity index (χ4n) is 3.16. The van der Waals surface area contributed by atoms with Crippen LogP contribution < -0.4 is 4.74 Å². The summed E-state index contributed by atoms with van der Waals surface area (Å²) >= 11 is 0. The molecule has 2 aromatic carbocycles. The lowest BCUT2D eigenvalue weighted by molar-refractivity contribution is 0.0785. The topological polar surface area (TPSA) is 66.9 Å². The Labute approximate surface area is 160 Å². The molecule has 0 N–H and O–H groups in total. The summed E-state index contributed by atoms with van der Waals surface area (Å²) in [5, 5.41) is 0. The normalized spacial score (nSPS) is 14.9. The number of ether oxygens (including phenoxy) is 1. The molecule has 0 radical (unpaired) electrons. The first-order chi connectivity index (χ1) is 12.9. The van der Waals surface area contributed by atoms with Gasteiger partial charge in [-0.05, 0) is 48.7 Å². The second-order valence-electron chi connectivity index (χ2n) is 6.65. The van der Waals surface area contributed by atoms with E-state index >= 15 is 0 Å². The van der Waals surface area contributed by atoms with Gasteiger partial charge in [0.15, 0.2) is 0 Å². The summed E-state index contributed by atoms with van der Waals surface area (Å²) in [6, 6.07) is 13.8. The van der Waals surface area contributed by atoms with E-state index in [1.54, 1.807) is 37.3 Å². The molecule has 1 heterocycles. The van der Waals surface area contributed by atoms with Gasteiger partial charge in [0.25, 0.3) is 5.91 Å². The van der Waals surface area contributed by atoms with Crippen molar-refractivity contribution in [3.05, 3.63) is 59.7 Å². The first-order valence-electron chi connectivity index (χ1n) is 8.90. The van der Waals surface area contributed by atoms with E-state index in [4.69, 9.17) is 4.74 Å². The molecule has 0 bridgehead atoms. The summed E-state index contributed by atoms with van der Waals surface area (Å²) in [6.07, 6.45) is 1.75. The van der Waals surface area contributed by atoms with Crippen LogP contribution in [-0.2, 0) is 16.6 Å². The summed E-state index contributed by atoms with van der Waals surface area (Å²) in [4.78, 5) is 14.5. The predicted molar refractivity (Wildman–Crippen MR) is 103 cm³/mol. The van der Waals surface area contributed by atoms with Crippen molar-refractivity contribution in [2.45, 2.75) is 24.3 Å². The van der Waals surface area contributed by atoms with Gasteiger partial charge in [0.2, 0.25) is 10.0 Å². The Morgan fingerprint density at radius 3 is 2.41 bits per heavy atom. The minimum Gasteiger partial charge on any atom is -0.497 e. The van der Waals surface area contributed by atoms with Gasteiger partial charge in [-0.2, -0.15) is 4.31 Å². The fourth-order valence-corrected chi connectivity index (χ4v) is 4.73. The molecule has 0 aromatic heterocycles. The molecule has 0 saturated carbocycles. The average Bonchev–Trinajstić information content (AvgIpc) is 3.24. The van der Waals surface area contributed by atoms with Gasteiger partial charge in [0.05, 0.1) is 12.0 Å². The number of sulfonamides is 1. The van der Waals surface area contributed by atoms with Crippen LogP contribution in [0.5, 0.6) is 5.75 Å². The van der Waals surface area contributed by atoms with Crippen LogP contribution in [0.4, 0.5) is 0 Å². The maximum absolute atomic E-state index is 12.8. The molecule has 0 atom stereocenters. The smallest absolute Gasteiger partial charge is 0.253 e. The Balaban J connectivity index is 1.76. The van der Waals surface area contributed by atoms with E-state index in [1.165, 1.54) is 10.4 Å². The minimum absolute atomic E-state index is 0.174. The number of carbonyl (C=O) groups is 1. The standard InChI is InChI=1S/C20H24N2O4S/c1-21(15-16-8-10-18(26-2)11-9-16)20(23)17-6-5-7-19(14-17)27(24,25)22-12-3-4-13-22/h5-11,14H,3-4,12-13,15H2,1-2H3. The average molecular weight is 388 g/mol. The van der Waals surface area contributed by atoms with Gasteiger partial charge in [0.1, 0.15) is 5.75 Å². The number of methoxy groups -OCH3 is 1. The Morgan fingerprint density at radius 2 is 1.78 bits per heavy atom. The zero-order valence-corrected chi connectivity index (χ0v) is 16.4. The van der Waals surface area contributed by atoms with Gasteiger partial charge in [0, 0.05) is 32.2 Å². The first kappa shape index (κ1) is 19.4. The van der Waals surface area contributed by atoms with Crippen LogP contribution in [0.25, 0.3) is 0 Å². The van der Waals surface area contributed by atoms with Crippen molar-refractivity contribution in [2.75, 3.05) is 27.2 Å². The molecule has 1 fully saturated rings. The number of amides is 1. The molecule has 1 aliphatic heterocycles. The lowest BCUT2D eigenvalue weighted by Gasteiger charge is -2.19. The first-order valence-corrected chi connectivity index (χ1v) is 10.3. The van der Waals surface area contributed by atoms with Crippen molar-refractivity contribution in [2.24, 2.45) is 0 Å². The zero-order valence-electron chi connectivity index (χ0n) is 15.6. The maximum atomic E-state index is 12.8. The molecule has 2 aromatic rings. The largest absolute Gasteiger partial charge is 0.497 e. The van der Waals surface area contributed by atoms with Crippen LogP contribution in [0, 0.1) is 0 Å². The summed E-state index contributed by atoms with van der Waals surface area (Å²) in [7, 11) is -0.231. The lowest BCUT2D eigenvalue weighted by Crippen LogP contribution is -2.29. The molecule has 0 spiro atoms. The molecule has 3 rings (SSSR count). The van der Waals surface area contributed by atoms with Crippen LogP contribution in [0.2, 0.25) is 0 Å². The molecule has 144 valence electrons. The van der Waals surface area contributed by atoms with E-state index in [2.05, 4.69) is 0 Å². The van der Waals surface area contributed by atoms with E-state index in [9.17, 15) is 13.2 Å². The van der Waals surface area contributed by atoms with Crippen molar-refractivity contribution in [3.63, 3.8) is 0 Å². The highest BCUT2D eigenvalue weighted by molar-refractivity contribution is 7.89. The molecule has 0 unspecified atom stereocenters. The molecule has 1 aliphatic rings. The van der Waals surface area contributed by atoms with Gasteiger partial charge < -0.3 is 9.64 Å². The highest BCUT2D eigenvalue weighted by Gasteiger charge is 2.27. The van der Waals surface area contributed by atoms with Crippen molar-refractivity contribution < 1.29 is 17.9 Å². The summed E-state index contributed by atoms with van der Waals surface area (Å²) < 4.78 is 32.1. The molecule has 1 saturated heterocycles. The quantitative estimate of drug-likeness (QED) is 0.763. The van der Waals surface area contributed by atoms with Gasteiger partial charge in [-0.1, -0.05) is 18.2 Å². The van der Waals surface area contributed by atoms with Crippen molar-refractivity contribution in [1.29, 1.82) is 0 Å². The molecular formula is C20H24N2O4S. The van der Waals surface area contributed by atoms with Crippen molar-refractivity contribution in [1.82, 2.24) is 9.21 Å². The number of rotatable bonds is 6. The Morgan fingerprint density at radius 1 is 1.11 bits per heavy atom. The SMILES string of the molecule is COc1ccc(CN(C)C(=O)c2cccc(S(=O)(=O)N3CCCC3)c2)cc1. The molecule has 7 heteroatoms. The van der Waals surface area contributed by atoms with Gasteiger partial charge in [-0.3, -0.25) is 4.79 Å². The van der Waals surface area contributed by atoms with Crippen molar-refractivity contribution in [3.8, 4) is 5.75 Å². The lowest BCUT2D eigenvalue weighted by atomic mass is 10.1. The minimum atomic E-state index is -3.54. The Kier molecular flexibility index (Phi) is 5.82. The molecule has 6 nitrogen and oxygen atoms in total. The van der Waals surface area contributed by atoms with Crippen LogP contribution in [0.1, 0.15) is 28.8 Å². The molecule has 0 aliphatic carbocycles. The molecule has 27 heavy (non-hydrogen) atoms. The Hall–Kier alpha value is -2.38. The summed E-state index contributed by atoms with van der Waals surface area (Å²) in [6.45, 7) is 1.50. The van der Waals surface area contributed by atoms with E-state index in [-0.39, 0.29) is 10.8 Å². The Bertz CT molecular complexity index is 904. The highest BCUT2D eigenvalue weighted by Crippen LogP contribution is 2.22. The summed E-state index contributed by atoms with van der Waals surface area (Å²) in [5.41, 5.74) is 1.33. The van der Waals surface area contributed by atoms with Crippen LogP contribution in [0.3, 0.4) is 0 Å². The fraction of sp³-hybridized carbons (Fsp3) is 0.350. The van der Waals surface area contributed by atoms with Crippen LogP contribution >= 0.6 is 0 Å². The predicted octanol–water partition coefficient (Wildman–Crippen LogP) is 2.75. The van der Waals surface area contributed by atoms with E-state index in [0.29, 0.717) is 25.2 Å². The van der Waals surface area contributed by atoms with E-state index in [1.807, 2.05) is 24.3 Å². The van der Waals surface area contributed by atoms with E-state index < -0.39 is 10.0 Å². The zero-order chi connectivity index (χ0) is 19.4. The highest BCUT2D eigenvalue weighted by atomic mass is 32.2. The number of carbonyl (C=O) groups excluding carboxylic acids is 1. The third kappa shape index (κ3) is 4.31. The van der Waals surface area contributed by atoms with Crippen LogP contribution in [-0.4, -0.2) is 50.8 Å². The monoisotopic (exact) mass is 388 g/mol. The van der Waals surface area contributed by atoms with Gasteiger partial charge in [-0.15, -0.1) is 0 Å². The van der Waals surface area contributed by atoms with Gasteiger partial charge >= 0.3 is 0 Å². The number of hydrogen-bond acceptors (Lipinski definition) is 4. The number of hydrogen-bond donors (Lipinski definition) is 0. The molecule has 1 amide bonds. The molecular weight excluding hydrogens is 364 g/mol. The van der Waals surface area contributed by atoms with Crippen LogP contribution in [0.15, 0.2) is 53.4 Å². The van der Waals surface area contributed by atoms with Gasteiger partial charge in [-0.25, -0.2) is 8.42 Å². The third-order valence-corrected chi connectivity index (χ3v) is 6.60. The second kappa shape index (κ2) is 8.10. The second-order valence-corrected chi connectivity index (χ2v) is 8.59. The summed E-state index contributed by atoms with van der Waals surface area (Å²) in [5.74, 6) is 0.539. The van der Waals surface area contributed by atoms with E-state index in [0.717, 1.165) is 24.2 Å².